The predicted octanol–water partition coefficient (Wildman–Crippen LogP) is 1.60. The van der Waals surface area contributed by atoms with Crippen molar-refractivity contribution >= 4 is 5.91 Å². The van der Waals surface area contributed by atoms with Crippen LogP contribution < -0.4 is 5.73 Å². The summed E-state index contributed by atoms with van der Waals surface area (Å²) in [7, 11) is 0. The Bertz CT molecular complexity index is 460. The molecule has 2 aliphatic rings. The predicted molar refractivity (Wildman–Crippen MR) is 75.7 cm³/mol. The van der Waals surface area contributed by atoms with E-state index in [0.29, 0.717) is 18.4 Å². The van der Waals surface area contributed by atoms with Crippen LogP contribution in [0.15, 0.2) is 24.3 Å². The Morgan fingerprint density at radius 1 is 1.32 bits per heavy atom. The Balaban J connectivity index is 1.73. The molecule has 0 spiro atoms. The van der Waals surface area contributed by atoms with Gasteiger partial charge in [0.2, 0.25) is 5.91 Å². The molecule has 3 heteroatoms. The van der Waals surface area contributed by atoms with Crippen LogP contribution in [0.1, 0.15) is 24.5 Å². The molecule has 1 fully saturated rings. The normalized spacial score (nSPS) is 26.7. The van der Waals surface area contributed by atoms with Crippen LogP contribution in [0.3, 0.4) is 0 Å². The molecule has 3 nitrogen and oxygen atoms in total. The first kappa shape index (κ1) is 12.7. The number of hydrogen-bond acceptors (Lipinski definition) is 2. The molecule has 2 atom stereocenters. The number of carbonyl (C=O) groups excluding carboxylic acids is 1. The third-order valence-corrected chi connectivity index (χ3v) is 4.81. The molecule has 19 heavy (non-hydrogen) atoms. The van der Waals surface area contributed by atoms with Crippen molar-refractivity contribution in [2.75, 3.05) is 13.1 Å². The van der Waals surface area contributed by atoms with E-state index in [2.05, 4.69) is 31.2 Å². The summed E-state index contributed by atoms with van der Waals surface area (Å²) in [5.74, 6) is 0.991. The van der Waals surface area contributed by atoms with Gasteiger partial charge in [-0.15, -0.1) is 0 Å². The highest BCUT2D eigenvalue weighted by molar-refractivity contribution is 5.81. The van der Waals surface area contributed by atoms with E-state index in [9.17, 15) is 4.79 Å². The maximum absolute atomic E-state index is 12.7. The number of rotatable bonds is 2. The standard InChI is InChI=1S/C16H22N2O/c1-11-6-7-18(15(11)10-17)16(19)14-8-12-4-2-3-5-13(12)9-14/h2-5,11,14-15H,6-10,17H2,1H3. The van der Waals surface area contributed by atoms with Gasteiger partial charge in [0, 0.05) is 25.0 Å². The van der Waals surface area contributed by atoms with Crippen molar-refractivity contribution in [3.63, 3.8) is 0 Å². The molecular weight excluding hydrogens is 236 g/mol. The second-order valence-corrected chi connectivity index (χ2v) is 5.97. The van der Waals surface area contributed by atoms with Crippen molar-refractivity contribution in [2.45, 2.75) is 32.2 Å². The maximum atomic E-state index is 12.7. The van der Waals surface area contributed by atoms with Crippen LogP contribution in [0.25, 0.3) is 0 Å². The second-order valence-electron chi connectivity index (χ2n) is 5.97. The second kappa shape index (κ2) is 4.97. The molecular formula is C16H22N2O. The van der Waals surface area contributed by atoms with Gasteiger partial charge in [-0.05, 0) is 36.3 Å². The van der Waals surface area contributed by atoms with Gasteiger partial charge in [-0.25, -0.2) is 0 Å². The van der Waals surface area contributed by atoms with Crippen LogP contribution in [-0.4, -0.2) is 29.9 Å². The Kier molecular flexibility index (Phi) is 3.31. The number of fused-ring (bicyclic) bond motifs is 1. The van der Waals surface area contributed by atoms with Crippen LogP contribution >= 0.6 is 0 Å². The molecule has 3 rings (SSSR count). The van der Waals surface area contributed by atoms with E-state index in [4.69, 9.17) is 5.73 Å². The van der Waals surface area contributed by atoms with Crippen LogP contribution in [0.2, 0.25) is 0 Å². The van der Waals surface area contributed by atoms with E-state index >= 15 is 0 Å². The van der Waals surface area contributed by atoms with Crippen molar-refractivity contribution < 1.29 is 4.79 Å². The summed E-state index contributed by atoms with van der Waals surface area (Å²) < 4.78 is 0. The van der Waals surface area contributed by atoms with Crippen molar-refractivity contribution in [3.8, 4) is 0 Å². The van der Waals surface area contributed by atoms with Gasteiger partial charge in [-0.3, -0.25) is 4.79 Å². The third-order valence-electron chi connectivity index (χ3n) is 4.81. The first-order valence-electron chi connectivity index (χ1n) is 7.28. The van der Waals surface area contributed by atoms with Gasteiger partial charge in [0.1, 0.15) is 0 Å². The number of likely N-dealkylation sites (tertiary alicyclic amines) is 1. The average Bonchev–Trinajstić information content (AvgIpc) is 3.00. The summed E-state index contributed by atoms with van der Waals surface area (Å²) in [6.45, 7) is 3.68. The summed E-state index contributed by atoms with van der Waals surface area (Å²) in [6, 6.07) is 8.67. The third kappa shape index (κ3) is 2.16. The zero-order valence-electron chi connectivity index (χ0n) is 11.5. The number of carbonyl (C=O) groups is 1. The van der Waals surface area contributed by atoms with Crippen LogP contribution in [0, 0.1) is 11.8 Å². The van der Waals surface area contributed by atoms with Gasteiger partial charge in [-0.1, -0.05) is 31.2 Å². The van der Waals surface area contributed by atoms with Crippen molar-refractivity contribution in [1.82, 2.24) is 4.90 Å². The lowest BCUT2D eigenvalue weighted by atomic mass is 10.0. The molecule has 0 saturated carbocycles. The van der Waals surface area contributed by atoms with Crippen LogP contribution in [0.4, 0.5) is 0 Å². The van der Waals surface area contributed by atoms with Gasteiger partial charge >= 0.3 is 0 Å². The topological polar surface area (TPSA) is 46.3 Å². The fourth-order valence-electron chi connectivity index (χ4n) is 3.61. The molecule has 1 heterocycles. The van der Waals surface area contributed by atoms with E-state index < -0.39 is 0 Å². The highest BCUT2D eigenvalue weighted by Gasteiger charge is 2.38. The molecule has 1 aromatic rings. The number of nitrogens with zero attached hydrogens (tertiary/aromatic N) is 1. The SMILES string of the molecule is CC1CCN(C(=O)C2Cc3ccccc3C2)C1CN. The van der Waals surface area contributed by atoms with E-state index in [1.807, 2.05) is 4.90 Å². The van der Waals surface area contributed by atoms with Crippen molar-refractivity contribution in [2.24, 2.45) is 17.6 Å². The Labute approximate surface area is 114 Å². The van der Waals surface area contributed by atoms with Gasteiger partial charge in [0.05, 0.1) is 0 Å². The average molecular weight is 258 g/mol. The fourth-order valence-corrected chi connectivity index (χ4v) is 3.61. The molecule has 1 amide bonds. The summed E-state index contributed by atoms with van der Waals surface area (Å²) in [4.78, 5) is 14.7. The monoisotopic (exact) mass is 258 g/mol. The summed E-state index contributed by atoms with van der Waals surface area (Å²) in [6.07, 6.45) is 2.89. The summed E-state index contributed by atoms with van der Waals surface area (Å²) in [5, 5.41) is 0. The molecule has 1 aliphatic heterocycles. The van der Waals surface area contributed by atoms with Crippen molar-refractivity contribution in [1.29, 1.82) is 0 Å². The Hall–Kier alpha value is -1.35. The van der Waals surface area contributed by atoms with E-state index in [1.165, 1.54) is 11.1 Å². The molecule has 102 valence electrons. The zero-order valence-corrected chi connectivity index (χ0v) is 11.5. The summed E-state index contributed by atoms with van der Waals surface area (Å²) in [5.41, 5.74) is 8.53. The fraction of sp³-hybridized carbons (Fsp3) is 0.562. The minimum atomic E-state index is 0.136. The number of nitrogens with two attached hydrogens (primary N) is 1. The minimum Gasteiger partial charge on any atom is -0.338 e. The lowest BCUT2D eigenvalue weighted by molar-refractivity contribution is -0.136. The Morgan fingerprint density at radius 3 is 2.53 bits per heavy atom. The molecule has 2 unspecified atom stereocenters. The van der Waals surface area contributed by atoms with Crippen LogP contribution in [-0.2, 0) is 17.6 Å². The van der Waals surface area contributed by atoms with E-state index in [1.54, 1.807) is 0 Å². The lowest BCUT2D eigenvalue weighted by Crippen LogP contribution is -2.45. The van der Waals surface area contributed by atoms with Crippen molar-refractivity contribution in [3.05, 3.63) is 35.4 Å². The van der Waals surface area contributed by atoms with Gasteiger partial charge in [0.25, 0.3) is 0 Å². The number of benzene rings is 1. The van der Waals surface area contributed by atoms with Gasteiger partial charge in [0.15, 0.2) is 0 Å². The molecule has 1 aromatic carbocycles. The lowest BCUT2D eigenvalue weighted by Gasteiger charge is -2.28. The minimum absolute atomic E-state index is 0.136. The smallest absolute Gasteiger partial charge is 0.226 e. The Morgan fingerprint density at radius 2 is 1.95 bits per heavy atom. The molecule has 1 saturated heterocycles. The maximum Gasteiger partial charge on any atom is 0.226 e. The molecule has 0 aromatic heterocycles. The van der Waals surface area contributed by atoms with Gasteiger partial charge < -0.3 is 10.6 Å². The molecule has 1 aliphatic carbocycles. The molecule has 0 bridgehead atoms. The first-order chi connectivity index (χ1) is 9.20. The van der Waals surface area contributed by atoms with Crippen LogP contribution in [0.5, 0.6) is 0 Å². The highest BCUT2D eigenvalue weighted by Crippen LogP contribution is 2.31. The van der Waals surface area contributed by atoms with Gasteiger partial charge in [-0.2, -0.15) is 0 Å². The van der Waals surface area contributed by atoms with E-state index in [-0.39, 0.29) is 12.0 Å². The first-order valence-corrected chi connectivity index (χ1v) is 7.28. The quantitative estimate of drug-likeness (QED) is 0.876. The number of amides is 1. The molecule has 2 N–H and O–H groups in total. The van der Waals surface area contributed by atoms with E-state index in [0.717, 1.165) is 25.8 Å². The largest absolute Gasteiger partial charge is 0.338 e. The highest BCUT2D eigenvalue weighted by atomic mass is 16.2. The zero-order chi connectivity index (χ0) is 13.4. The summed E-state index contributed by atoms with van der Waals surface area (Å²) >= 11 is 0. The number of hydrogen-bond donors (Lipinski definition) is 1. The molecule has 0 radical (unpaired) electrons.